The van der Waals surface area contributed by atoms with Crippen LogP contribution in [0.4, 0.5) is 0 Å². The molecule has 78 valence electrons. The number of hydrogen-bond donors (Lipinski definition) is 1. The van der Waals surface area contributed by atoms with Crippen LogP contribution < -0.4 is 5.32 Å². The van der Waals surface area contributed by atoms with Crippen molar-refractivity contribution >= 4 is 0 Å². The van der Waals surface area contributed by atoms with Crippen LogP contribution in [0.5, 0.6) is 0 Å². The Morgan fingerprint density at radius 2 is 2.43 bits per heavy atom. The summed E-state index contributed by atoms with van der Waals surface area (Å²) in [5, 5.41) is 7.63. The number of hydrogen-bond acceptors (Lipinski definition) is 3. The molecule has 1 N–H and O–H groups in total. The Morgan fingerprint density at radius 3 is 3.00 bits per heavy atom. The zero-order valence-electron chi connectivity index (χ0n) is 8.95. The molecular weight excluding hydrogens is 176 g/mol. The summed E-state index contributed by atoms with van der Waals surface area (Å²) in [7, 11) is 1.97. The lowest BCUT2D eigenvalue weighted by Crippen LogP contribution is -2.10. The van der Waals surface area contributed by atoms with Gasteiger partial charge in [0.05, 0.1) is 0 Å². The zero-order valence-corrected chi connectivity index (χ0v) is 8.95. The first-order valence-corrected chi connectivity index (χ1v) is 5.33. The first-order chi connectivity index (χ1) is 6.75. The molecule has 1 aliphatic rings. The molecule has 1 aliphatic heterocycles. The van der Waals surface area contributed by atoms with Gasteiger partial charge in [-0.05, 0) is 38.8 Å². The van der Waals surface area contributed by atoms with Crippen molar-refractivity contribution in [1.29, 1.82) is 0 Å². The lowest BCUT2D eigenvalue weighted by Gasteiger charge is -2.06. The number of aromatic nitrogens is 3. The maximum atomic E-state index is 4.40. The minimum Gasteiger partial charge on any atom is -0.316 e. The molecule has 0 spiro atoms. The highest BCUT2D eigenvalue weighted by molar-refractivity contribution is 4.91. The van der Waals surface area contributed by atoms with E-state index in [1.165, 1.54) is 25.9 Å². The van der Waals surface area contributed by atoms with Crippen molar-refractivity contribution in [3.05, 3.63) is 11.6 Å². The Hall–Kier alpha value is -0.900. The van der Waals surface area contributed by atoms with E-state index in [9.17, 15) is 0 Å². The molecule has 2 heterocycles. The topological polar surface area (TPSA) is 42.7 Å². The normalized spacial score (nSPS) is 21.7. The van der Waals surface area contributed by atoms with Gasteiger partial charge < -0.3 is 5.32 Å². The van der Waals surface area contributed by atoms with Crippen molar-refractivity contribution in [1.82, 2.24) is 20.1 Å². The average Bonchev–Trinajstić information content (AvgIpc) is 2.72. The van der Waals surface area contributed by atoms with Crippen LogP contribution in [0.1, 0.15) is 24.5 Å². The van der Waals surface area contributed by atoms with Crippen molar-refractivity contribution in [3.63, 3.8) is 0 Å². The Bertz CT molecular complexity index is 299. The van der Waals surface area contributed by atoms with Crippen molar-refractivity contribution in [2.45, 2.75) is 26.2 Å². The predicted molar refractivity (Wildman–Crippen MR) is 55.0 cm³/mol. The van der Waals surface area contributed by atoms with E-state index in [0.29, 0.717) is 0 Å². The molecule has 0 radical (unpaired) electrons. The van der Waals surface area contributed by atoms with E-state index in [1.807, 2.05) is 18.7 Å². The van der Waals surface area contributed by atoms with Crippen LogP contribution in [0.2, 0.25) is 0 Å². The second kappa shape index (κ2) is 4.09. The summed E-state index contributed by atoms with van der Waals surface area (Å²) in [6.07, 6.45) is 3.61. The minimum atomic E-state index is 0.840. The fourth-order valence-corrected chi connectivity index (χ4v) is 2.07. The summed E-state index contributed by atoms with van der Waals surface area (Å²) >= 11 is 0. The average molecular weight is 194 g/mol. The Balaban J connectivity index is 1.87. The third kappa shape index (κ3) is 2.12. The molecular formula is C10H18N4. The van der Waals surface area contributed by atoms with Crippen molar-refractivity contribution in [2.75, 3.05) is 13.1 Å². The molecule has 2 rings (SSSR count). The molecule has 0 saturated carbocycles. The van der Waals surface area contributed by atoms with Gasteiger partial charge in [0.2, 0.25) is 0 Å². The highest BCUT2D eigenvalue weighted by Crippen LogP contribution is 2.14. The van der Waals surface area contributed by atoms with Gasteiger partial charge in [-0.1, -0.05) is 0 Å². The van der Waals surface area contributed by atoms with Gasteiger partial charge in [-0.25, -0.2) is 4.98 Å². The molecule has 1 unspecified atom stereocenters. The molecule has 4 heteroatoms. The maximum Gasteiger partial charge on any atom is 0.147 e. The smallest absolute Gasteiger partial charge is 0.147 e. The van der Waals surface area contributed by atoms with Gasteiger partial charge in [-0.2, -0.15) is 5.10 Å². The molecule has 0 bridgehead atoms. The molecule has 0 aliphatic carbocycles. The van der Waals surface area contributed by atoms with E-state index in [0.717, 1.165) is 24.0 Å². The van der Waals surface area contributed by atoms with E-state index >= 15 is 0 Å². The van der Waals surface area contributed by atoms with Crippen LogP contribution in [-0.4, -0.2) is 27.9 Å². The quantitative estimate of drug-likeness (QED) is 0.769. The van der Waals surface area contributed by atoms with Crippen LogP contribution in [-0.2, 0) is 13.5 Å². The van der Waals surface area contributed by atoms with Crippen LogP contribution in [0, 0.1) is 12.8 Å². The monoisotopic (exact) mass is 194 g/mol. The summed E-state index contributed by atoms with van der Waals surface area (Å²) in [5.74, 6) is 2.84. The van der Waals surface area contributed by atoms with Crippen LogP contribution in [0.25, 0.3) is 0 Å². The Kier molecular flexibility index (Phi) is 2.82. The van der Waals surface area contributed by atoms with E-state index in [2.05, 4.69) is 15.4 Å². The molecule has 1 fully saturated rings. The molecule has 14 heavy (non-hydrogen) atoms. The SMILES string of the molecule is Cc1nc(CCC2CCNC2)n(C)n1. The van der Waals surface area contributed by atoms with Gasteiger partial charge in [0.15, 0.2) is 0 Å². The first-order valence-electron chi connectivity index (χ1n) is 5.33. The summed E-state index contributed by atoms with van der Waals surface area (Å²) in [6.45, 7) is 4.31. The third-order valence-corrected chi connectivity index (χ3v) is 2.90. The highest BCUT2D eigenvalue weighted by Gasteiger charge is 2.15. The van der Waals surface area contributed by atoms with Crippen LogP contribution in [0.3, 0.4) is 0 Å². The second-order valence-corrected chi connectivity index (χ2v) is 4.10. The number of rotatable bonds is 3. The molecule has 4 nitrogen and oxygen atoms in total. The largest absolute Gasteiger partial charge is 0.316 e. The minimum absolute atomic E-state index is 0.840. The summed E-state index contributed by atoms with van der Waals surface area (Å²) in [6, 6.07) is 0. The van der Waals surface area contributed by atoms with E-state index in [4.69, 9.17) is 0 Å². The summed E-state index contributed by atoms with van der Waals surface area (Å²) in [4.78, 5) is 4.40. The van der Waals surface area contributed by atoms with Gasteiger partial charge >= 0.3 is 0 Å². The van der Waals surface area contributed by atoms with Gasteiger partial charge in [0, 0.05) is 13.5 Å². The number of nitrogens with zero attached hydrogens (tertiary/aromatic N) is 3. The fraction of sp³-hybridized carbons (Fsp3) is 0.800. The Labute approximate surface area is 84.7 Å². The van der Waals surface area contributed by atoms with Crippen molar-refractivity contribution < 1.29 is 0 Å². The number of nitrogens with one attached hydrogen (secondary N) is 1. The van der Waals surface area contributed by atoms with Crippen molar-refractivity contribution in [3.8, 4) is 0 Å². The first kappa shape index (κ1) is 9.65. The fourth-order valence-electron chi connectivity index (χ4n) is 2.07. The zero-order chi connectivity index (χ0) is 9.97. The maximum absolute atomic E-state index is 4.40. The summed E-state index contributed by atoms with van der Waals surface area (Å²) < 4.78 is 1.90. The molecule has 1 atom stereocenters. The Morgan fingerprint density at radius 1 is 1.57 bits per heavy atom. The van der Waals surface area contributed by atoms with Crippen LogP contribution in [0.15, 0.2) is 0 Å². The van der Waals surface area contributed by atoms with Gasteiger partial charge in [-0.15, -0.1) is 0 Å². The number of aryl methyl sites for hydroxylation is 3. The summed E-state index contributed by atoms with van der Waals surface area (Å²) in [5.41, 5.74) is 0. The second-order valence-electron chi connectivity index (χ2n) is 4.10. The molecule has 1 aromatic heterocycles. The highest BCUT2D eigenvalue weighted by atomic mass is 15.3. The lowest BCUT2D eigenvalue weighted by molar-refractivity contribution is 0.515. The third-order valence-electron chi connectivity index (χ3n) is 2.90. The molecule has 0 amide bonds. The van der Waals surface area contributed by atoms with E-state index in [1.54, 1.807) is 0 Å². The molecule has 1 aromatic rings. The van der Waals surface area contributed by atoms with Crippen LogP contribution >= 0.6 is 0 Å². The van der Waals surface area contributed by atoms with Gasteiger partial charge in [0.1, 0.15) is 11.6 Å². The standard InChI is InChI=1S/C10H18N4/c1-8-12-10(14(2)13-8)4-3-9-5-6-11-7-9/h9,11H,3-7H2,1-2H3. The van der Waals surface area contributed by atoms with Gasteiger partial charge in [-0.3, -0.25) is 4.68 Å². The van der Waals surface area contributed by atoms with Gasteiger partial charge in [0.25, 0.3) is 0 Å². The predicted octanol–water partition coefficient (Wildman–Crippen LogP) is 0.666. The molecule has 0 aromatic carbocycles. The molecule has 1 saturated heterocycles. The van der Waals surface area contributed by atoms with E-state index in [-0.39, 0.29) is 0 Å². The lowest BCUT2D eigenvalue weighted by atomic mass is 10.0. The van der Waals surface area contributed by atoms with E-state index < -0.39 is 0 Å². The van der Waals surface area contributed by atoms with Crippen molar-refractivity contribution in [2.24, 2.45) is 13.0 Å².